The Labute approximate surface area is 352 Å². The van der Waals surface area contributed by atoms with E-state index < -0.39 is 0 Å². The molecule has 0 fully saturated rings. The molecule has 0 atom stereocenters. The maximum absolute atomic E-state index is 12.4. The summed E-state index contributed by atoms with van der Waals surface area (Å²) in [7, 11) is 0. The summed E-state index contributed by atoms with van der Waals surface area (Å²) in [5, 5.41) is 26.8. The van der Waals surface area contributed by atoms with Crippen molar-refractivity contribution in [1.29, 1.82) is 0 Å². The van der Waals surface area contributed by atoms with Crippen LogP contribution in [0.5, 0.6) is 11.5 Å². The Morgan fingerprint density at radius 1 is 0.433 bits per heavy atom. The number of fused-ring (bicyclic) bond motifs is 2. The molecule has 3 aromatic heterocycles. The van der Waals surface area contributed by atoms with Crippen LogP contribution in [0.1, 0.15) is 63.8 Å². The third kappa shape index (κ3) is 6.46. The highest BCUT2D eigenvalue weighted by Gasteiger charge is 2.31. The fraction of sp³-hybridized carbons (Fsp3) is 0.182. The van der Waals surface area contributed by atoms with Gasteiger partial charge in [0, 0.05) is 55.5 Å². The molecule has 5 nitrogen and oxygen atoms in total. The lowest BCUT2D eigenvalue weighted by atomic mass is 9.83. The molecule has 0 unspecified atom stereocenters. The van der Waals surface area contributed by atoms with E-state index in [4.69, 9.17) is 4.98 Å². The van der Waals surface area contributed by atoms with Gasteiger partial charge in [-0.15, -0.1) is 0 Å². The van der Waals surface area contributed by atoms with E-state index in [-0.39, 0.29) is 22.3 Å². The van der Waals surface area contributed by atoms with Crippen molar-refractivity contribution in [1.82, 2.24) is 14.1 Å². The van der Waals surface area contributed by atoms with Crippen LogP contribution in [0, 0.1) is 13.8 Å². The number of aromatic nitrogens is 3. The summed E-state index contributed by atoms with van der Waals surface area (Å²) >= 11 is 0. The minimum absolute atomic E-state index is 0.267. The maximum atomic E-state index is 12.4. The first-order valence-electron chi connectivity index (χ1n) is 20.8. The van der Waals surface area contributed by atoms with E-state index in [1.807, 2.05) is 12.1 Å². The smallest absolute Gasteiger partial charge is 0.128 e. The molecule has 0 aliphatic rings. The molecule has 60 heavy (non-hydrogen) atoms. The summed E-state index contributed by atoms with van der Waals surface area (Å²) < 4.78 is 4.54. The van der Waals surface area contributed by atoms with Gasteiger partial charge < -0.3 is 19.3 Å². The predicted molar refractivity (Wildman–Crippen MR) is 250 cm³/mol. The van der Waals surface area contributed by atoms with Gasteiger partial charge in [0.1, 0.15) is 11.5 Å². The zero-order chi connectivity index (χ0) is 42.1. The molecule has 0 aliphatic carbocycles. The summed E-state index contributed by atoms with van der Waals surface area (Å²) in [5.41, 5.74) is 14.0. The summed E-state index contributed by atoms with van der Waals surface area (Å²) in [4.78, 5) is 5.66. The predicted octanol–water partition coefficient (Wildman–Crippen LogP) is 14.3. The molecule has 6 aromatic carbocycles. The van der Waals surface area contributed by atoms with Gasteiger partial charge in [0.25, 0.3) is 0 Å². The molecule has 3 heterocycles. The van der Waals surface area contributed by atoms with Crippen LogP contribution in [-0.2, 0) is 10.8 Å². The first-order chi connectivity index (χ1) is 28.7. The van der Waals surface area contributed by atoms with Gasteiger partial charge in [-0.2, -0.15) is 0 Å². The third-order valence-electron chi connectivity index (χ3n) is 11.7. The van der Waals surface area contributed by atoms with Crippen molar-refractivity contribution < 1.29 is 10.2 Å². The van der Waals surface area contributed by atoms with Gasteiger partial charge in [0.2, 0.25) is 0 Å². The lowest BCUT2D eigenvalue weighted by Crippen LogP contribution is -2.12. The van der Waals surface area contributed by atoms with Crippen molar-refractivity contribution in [2.24, 2.45) is 0 Å². The third-order valence-corrected chi connectivity index (χ3v) is 11.7. The molecular formula is C55H51N3O2. The quantitative estimate of drug-likeness (QED) is 0.176. The zero-order valence-corrected chi connectivity index (χ0v) is 35.7. The first-order valence-corrected chi connectivity index (χ1v) is 20.8. The highest BCUT2D eigenvalue weighted by atomic mass is 16.3. The van der Waals surface area contributed by atoms with E-state index >= 15 is 0 Å². The largest absolute Gasteiger partial charge is 0.507 e. The number of pyridine rings is 1. The number of rotatable bonds is 6. The molecule has 2 N–H and O–H groups in total. The van der Waals surface area contributed by atoms with E-state index in [0.29, 0.717) is 0 Å². The summed E-state index contributed by atoms with van der Waals surface area (Å²) in [6.45, 7) is 17.1. The number of hydrogen-bond donors (Lipinski definition) is 2. The van der Waals surface area contributed by atoms with Crippen LogP contribution >= 0.6 is 0 Å². The Hall–Kier alpha value is -6.85. The van der Waals surface area contributed by atoms with Gasteiger partial charge in [0.15, 0.2) is 0 Å². The van der Waals surface area contributed by atoms with Crippen molar-refractivity contribution in [2.75, 3.05) is 0 Å². The second kappa shape index (κ2) is 14.5. The fourth-order valence-corrected chi connectivity index (χ4v) is 8.97. The van der Waals surface area contributed by atoms with Crippen LogP contribution in [0.4, 0.5) is 0 Å². The van der Waals surface area contributed by atoms with Gasteiger partial charge >= 0.3 is 0 Å². The second-order valence-corrected chi connectivity index (χ2v) is 18.1. The summed E-state index contributed by atoms with van der Waals surface area (Å²) in [6.07, 6.45) is 0. The number of nitrogens with zero attached hydrogens (tertiary/aromatic N) is 3. The van der Waals surface area contributed by atoms with E-state index in [0.717, 1.165) is 100 Å². The number of phenols is 2. The lowest BCUT2D eigenvalue weighted by Gasteiger charge is -2.24. The Morgan fingerprint density at radius 2 is 0.800 bits per heavy atom. The van der Waals surface area contributed by atoms with Crippen LogP contribution < -0.4 is 0 Å². The molecule has 0 saturated heterocycles. The fourth-order valence-electron chi connectivity index (χ4n) is 8.97. The van der Waals surface area contributed by atoms with E-state index in [1.54, 1.807) is 0 Å². The average molecular weight is 786 g/mol. The van der Waals surface area contributed by atoms with E-state index in [2.05, 4.69) is 204 Å². The second-order valence-electron chi connectivity index (χ2n) is 18.1. The number of phenolic OH excluding ortho intramolecular Hbond substituents is 2. The normalized spacial score (nSPS) is 12.1. The Bertz CT molecular complexity index is 2880. The molecule has 0 amide bonds. The van der Waals surface area contributed by atoms with E-state index in [9.17, 15) is 10.2 Å². The zero-order valence-electron chi connectivity index (χ0n) is 35.7. The molecule has 0 radical (unpaired) electrons. The topological polar surface area (TPSA) is 63.2 Å². The maximum Gasteiger partial charge on any atom is 0.128 e. The SMILES string of the molecule is Cc1cc(-c2c(-c3cccc(-c4c(-c5cc(C)cc(C(C)(C)C)c5O)n(-c5ccccc5)c5ccccc45)n3)c3ccccc3n2-c2ccccc2)c(O)c(C(C)(C)C)c1. The van der Waals surface area contributed by atoms with Gasteiger partial charge in [-0.25, -0.2) is 4.98 Å². The number of benzene rings is 6. The van der Waals surface area contributed by atoms with Crippen molar-refractivity contribution in [3.05, 3.63) is 174 Å². The molecule has 9 rings (SSSR count). The Morgan fingerprint density at radius 3 is 1.18 bits per heavy atom. The molecule has 9 aromatic rings. The van der Waals surface area contributed by atoms with Gasteiger partial charge in [-0.3, -0.25) is 0 Å². The molecule has 5 heteroatoms. The summed E-state index contributed by atoms with van der Waals surface area (Å²) in [6, 6.07) is 52.3. The average Bonchev–Trinajstić information content (AvgIpc) is 3.76. The standard InChI is InChI=1S/C55H51N3O2/c1-34-30-40(52(59)42(32-34)54(3,4)5)50-48(38-24-15-17-28-46(38)57(50)36-20-11-9-12-21-36)44-26-19-27-45(56-44)49-39-25-16-18-29-47(39)58(37-22-13-10-14-23-37)51(49)41-31-35(2)33-43(53(41)60)55(6,7)8/h9-33,59-60H,1-8H3. The molecule has 0 spiro atoms. The Balaban J connectivity index is 1.41. The highest BCUT2D eigenvalue weighted by molar-refractivity contribution is 6.08. The van der Waals surface area contributed by atoms with Gasteiger partial charge in [-0.1, -0.05) is 133 Å². The summed E-state index contributed by atoms with van der Waals surface area (Å²) in [5.74, 6) is 0.534. The minimum Gasteiger partial charge on any atom is -0.507 e. The van der Waals surface area contributed by atoms with Crippen LogP contribution in [0.25, 0.3) is 78.2 Å². The first kappa shape index (κ1) is 38.7. The van der Waals surface area contributed by atoms with Crippen LogP contribution in [-0.4, -0.2) is 24.3 Å². The number of aromatic hydroxyl groups is 2. The number of aryl methyl sites for hydroxylation is 2. The van der Waals surface area contributed by atoms with Crippen LogP contribution in [0.2, 0.25) is 0 Å². The monoisotopic (exact) mass is 785 g/mol. The number of hydrogen-bond acceptors (Lipinski definition) is 3. The molecule has 0 bridgehead atoms. The van der Waals surface area contributed by atoms with E-state index in [1.165, 1.54) is 0 Å². The Kier molecular flexibility index (Phi) is 9.31. The molecular weight excluding hydrogens is 735 g/mol. The van der Waals surface area contributed by atoms with Crippen molar-refractivity contribution >= 4 is 21.8 Å². The van der Waals surface area contributed by atoms with Crippen molar-refractivity contribution in [2.45, 2.75) is 66.2 Å². The van der Waals surface area contributed by atoms with Crippen molar-refractivity contribution in [3.63, 3.8) is 0 Å². The van der Waals surface area contributed by atoms with Gasteiger partial charge in [-0.05, 0) is 96.5 Å². The lowest BCUT2D eigenvalue weighted by molar-refractivity contribution is 0.447. The van der Waals surface area contributed by atoms with Crippen LogP contribution in [0.3, 0.4) is 0 Å². The number of para-hydroxylation sites is 4. The molecule has 0 aliphatic heterocycles. The highest BCUT2D eigenvalue weighted by Crippen LogP contribution is 2.50. The van der Waals surface area contributed by atoms with Crippen molar-refractivity contribution in [3.8, 4) is 67.9 Å². The molecule has 0 saturated carbocycles. The van der Waals surface area contributed by atoms with Crippen LogP contribution in [0.15, 0.2) is 152 Å². The molecule has 298 valence electrons. The van der Waals surface area contributed by atoms with Gasteiger partial charge in [0.05, 0.1) is 33.8 Å². The minimum atomic E-state index is -0.301.